The summed E-state index contributed by atoms with van der Waals surface area (Å²) in [6.07, 6.45) is 8.78. The molecule has 2 rings (SSSR count). The quantitative estimate of drug-likeness (QED) is 0.278. The fraction of sp³-hybridized carbons (Fsp3) is 0.667. The molecule has 0 radical (unpaired) electrons. The maximum absolute atomic E-state index is 5.62. The lowest BCUT2D eigenvalue weighted by molar-refractivity contribution is 0.104. The van der Waals surface area contributed by atoms with Crippen molar-refractivity contribution in [2.75, 3.05) is 26.7 Å². The first kappa shape index (κ1) is 21.0. The lowest BCUT2D eigenvalue weighted by Crippen LogP contribution is -2.47. The van der Waals surface area contributed by atoms with Crippen molar-refractivity contribution < 1.29 is 4.74 Å². The summed E-state index contributed by atoms with van der Waals surface area (Å²) in [5.74, 6) is 2.40. The third-order valence-corrected chi connectivity index (χ3v) is 4.41. The number of hydrogen-bond donors (Lipinski definition) is 2. The van der Waals surface area contributed by atoms with Gasteiger partial charge in [0.2, 0.25) is 0 Å². The summed E-state index contributed by atoms with van der Waals surface area (Å²) in [6, 6.07) is 3.78. The van der Waals surface area contributed by atoms with Crippen LogP contribution in [0.3, 0.4) is 0 Å². The predicted molar refractivity (Wildman–Crippen MR) is 110 cm³/mol. The minimum atomic E-state index is 0. The fourth-order valence-corrected chi connectivity index (χ4v) is 3.26. The van der Waals surface area contributed by atoms with E-state index in [1.165, 1.54) is 25.7 Å². The molecule has 0 bridgehead atoms. The minimum absolute atomic E-state index is 0. The SMILES string of the molecule is CN=C(NCCOc1cccnc1)NCC1(CC(C)C)CCC1.I. The minimum Gasteiger partial charge on any atom is -0.490 e. The van der Waals surface area contributed by atoms with E-state index in [1.807, 2.05) is 19.2 Å². The second-order valence-electron chi connectivity index (χ2n) is 6.84. The lowest BCUT2D eigenvalue weighted by Gasteiger charge is -2.43. The number of halogens is 1. The normalized spacial score (nSPS) is 16.1. The first-order valence-corrected chi connectivity index (χ1v) is 8.61. The van der Waals surface area contributed by atoms with E-state index in [0.717, 1.165) is 24.2 Å². The Balaban J connectivity index is 0.00000288. The molecular formula is C18H31IN4O. The Kier molecular flexibility index (Phi) is 9.39. The highest BCUT2D eigenvalue weighted by Crippen LogP contribution is 2.45. The topological polar surface area (TPSA) is 58.5 Å². The van der Waals surface area contributed by atoms with Crippen LogP contribution in [0, 0.1) is 11.3 Å². The first-order chi connectivity index (χ1) is 11.1. The summed E-state index contributed by atoms with van der Waals surface area (Å²) in [4.78, 5) is 8.33. The van der Waals surface area contributed by atoms with Crippen molar-refractivity contribution in [2.45, 2.75) is 39.5 Å². The van der Waals surface area contributed by atoms with Crippen LogP contribution in [0.4, 0.5) is 0 Å². The number of rotatable bonds is 8. The molecule has 1 aromatic rings. The Morgan fingerprint density at radius 1 is 1.38 bits per heavy atom. The van der Waals surface area contributed by atoms with Crippen LogP contribution >= 0.6 is 24.0 Å². The van der Waals surface area contributed by atoms with Crippen LogP contribution in [-0.2, 0) is 0 Å². The molecule has 1 saturated carbocycles. The van der Waals surface area contributed by atoms with E-state index in [-0.39, 0.29) is 24.0 Å². The van der Waals surface area contributed by atoms with E-state index in [9.17, 15) is 0 Å². The third-order valence-electron chi connectivity index (χ3n) is 4.41. The molecule has 0 saturated heterocycles. The van der Waals surface area contributed by atoms with Gasteiger partial charge < -0.3 is 15.4 Å². The number of aromatic nitrogens is 1. The molecule has 136 valence electrons. The molecule has 1 heterocycles. The van der Waals surface area contributed by atoms with E-state index in [0.29, 0.717) is 18.6 Å². The summed E-state index contributed by atoms with van der Waals surface area (Å²) in [7, 11) is 1.81. The van der Waals surface area contributed by atoms with Gasteiger partial charge in [-0.3, -0.25) is 9.98 Å². The summed E-state index contributed by atoms with van der Waals surface area (Å²) < 4.78 is 5.62. The largest absolute Gasteiger partial charge is 0.490 e. The van der Waals surface area contributed by atoms with Gasteiger partial charge in [0.15, 0.2) is 5.96 Å². The summed E-state index contributed by atoms with van der Waals surface area (Å²) in [5, 5.41) is 6.79. The van der Waals surface area contributed by atoms with Gasteiger partial charge in [-0.25, -0.2) is 0 Å². The molecule has 0 aliphatic heterocycles. The Morgan fingerprint density at radius 2 is 2.17 bits per heavy atom. The monoisotopic (exact) mass is 446 g/mol. The maximum atomic E-state index is 5.62. The van der Waals surface area contributed by atoms with Gasteiger partial charge in [0.1, 0.15) is 12.4 Å². The standard InChI is InChI=1S/C18H30N4O.HI/c1-15(2)12-18(7-5-8-18)14-22-17(19-3)21-10-11-23-16-6-4-9-20-13-16;/h4,6,9,13,15H,5,7-8,10-12,14H2,1-3H3,(H2,19,21,22);1H. The van der Waals surface area contributed by atoms with E-state index >= 15 is 0 Å². The molecule has 0 atom stereocenters. The Morgan fingerprint density at radius 3 is 2.71 bits per heavy atom. The summed E-state index contributed by atoms with van der Waals surface area (Å²) in [6.45, 7) is 6.93. The maximum Gasteiger partial charge on any atom is 0.191 e. The van der Waals surface area contributed by atoms with Gasteiger partial charge in [-0.05, 0) is 42.7 Å². The van der Waals surface area contributed by atoms with Crippen molar-refractivity contribution in [1.82, 2.24) is 15.6 Å². The molecule has 1 aromatic heterocycles. The van der Waals surface area contributed by atoms with Gasteiger partial charge in [0.25, 0.3) is 0 Å². The van der Waals surface area contributed by atoms with Crippen LogP contribution in [0.2, 0.25) is 0 Å². The van der Waals surface area contributed by atoms with Crippen LogP contribution in [-0.4, -0.2) is 37.7 Å². The molecule has 6 heteroatoms. The summed E-state index contributed by atoms with van der Waals surface area (Å²) in [5.41, 5.74) is 0.470. The number of nitrogens with zero attached hydrogens (tertiary/aromatic N) is 2. The molecule has 1 fully saturated rings. The van der Waals surface area contributed by atoms with Crippen molar-refractivity contribution in [3.63, 3.8) is 0 Å². The zero-order chi connectivity index (χ0) is 16.5. The van der Waals surface area contributed by atoms with Crippen molar-refractivity contribution in [3.8, 4) is 5.75 Å². The molecule has 1 aliphatic rings. The van der Waals surface area contributed by atoms with Gasteiger partial charge in [0, 0.05) is 19.8 Å². The number of ether oxygens (including phenoxy) is 1. The van der Waals surface area contributed by atoms with Crippen LogP contribution in [0.5, 0.6) is 5.75 Å². The molecular weight excluding hydrogens is 415 g/mol. The van der Waals surface area contributed by atoms with Gasteiger partial charge in [-0.15, -0.1) is 24.0 Å². The zero-order valence-electron chi connectivity index (χ0n) is 15.0. The molecule has 1 aliphatic carbocycles. The first-order valence-electron chi connectivity index (χ1n) is 8.61. The third kappa shape index (κ3) is 6.83. The van der Waals surface area contributed by atoms with Crippen LogP contribution in [0.1, 0.15) is 39.5 Å². The number of nitrogens with one attached hydrogen (secondary N) is 2. The molecule has 0 aromatic carbocycles. The second kappa shape index (κ2) is 10.7. The van der Waals surface area contributed by atoms with Crippen LogP contribution in [0.15, 0.2) is 29.5 Å². The van der Waals surface area contributed by atoms with Gasteiger partial charge in [-0.1, -0.05) is 20.3 Å². The number of aliphatic imine (C=N–C) groups is 1. The van der Waals surface area contributed by atoms with Crippen LogP contribution in [0.25, 0.3) is 0 Å². The smallest absolute Gasteiger partial charge is 0.191 e. The van der Waals surface area contributed by atoms with Crippen molar-refractivity contribution in [1.29, 1.82) is 0 Å². The number of pyridine rings is 1. The average Bonchev–Trinajstić information content (AvgIpc) is 2.52. The highest BCUT2D eigenvalue weighted by Gasteiger charge is 2.37. The highest BCUT2D eigenvalue weighted by molar-refractivity contribution is 14.0. The molecule has 24 heavy (non-hydrogen) atoms. The summed E-state index contributed by atoms with van der Waals surface area (Å²) >= 11 is 0. The average molecular weight is 446 g/mol. The van der Waals surface area contributed by atoms with E-state index in [1.54, 1.807) is 12.4 Å². The fourth-order valence-electron chi connectivity index (χ4n) is 3.26. The molecule has 5 nitrogen and oxygen atoms in total. The molecule has 0 unspecified atom stereocenters. The van der Waals surface area contributed by atoms with E-state index in [4.69, 9.17) is 4.74 Å². The van der Waals surface area contributed by atoms with Crippen molar-refractivity contribution in [2.24, 2.45) is 16.3 Å². The van der Waals surface area contributed by atoms with Crippen molar-refractivity contribution in [3.05, 3.63) is 24.5 Å². The Labute approximate surface area is 163 Å². The van der Waals surface area contributed by atoms with E-state index in [2.05, 4.69) is 34.5 Å². The predicted octanol–water partition coefficient (Wildman–Crippen LogP) is 3.46. The molecule has 0 amide bonds. The number of guanidine groups is 1. The zero-order valence-corrected chi connectivity index (χ0v) is 17.4. The second-order valence-corrected chi connectivity index (χ2v) is 6.84. The van der Waals surface area contributed by atoms with Gasteiger partial charge in [-0.2, -0.15) is 0 Å². The Bertz CT molecular complexity index is 489. The van der Waals surface area contributed by atoms with E-state index < -0.39 is 0 Å². The Hall–Kier alpha value is -1.05. The van der Waals surface area contributed by atoms with Crippen molar-refractivity contribution >= 4 is 29.9 Å². The van der Waals surface area contributed by atoms with Gasteiger partial charge >= 0.3 is 0 Å². The lowest BCUT2D eigenvalue weighted by atomic mass is 9.64. The molecule has 2 N–H and O–H groups in total. The van der Waals surface area contributed by atoms with Gasteiger partial charge in [0.05, 0.1) is 12.7 Å². The van der Waals surface area contributed by atoms with Crippen LogP contribution < -0.4 is 15.4 Å². The highest BCUT2D eigenvalue weighted by atomic mass is 127. The number of hydrogen-bond acceptors (Lipinski definition) is 3. The molecule has 0 spiro atoms.